The molecule has 3 aromatic heterocycles. The fourth-order valence-electron chi connectivity index (χ4n) is 3.24. The smallest absolute Gasteiger partial charge is 0.261 e. The molecular weight excluding hydrogens is 358 g/mol. The molecule has 136 valence electrons. The number of benzene rings is 1. The highest BCUT2D eigenvalue weighted by molar-refractivity contribution is 7.20. The Morgan fingerprint density at radius 1 is 1.15 bits per heavy atom. The maximum atomic E-state index is 12.8. The summed E-state index contributed by atoms with van der Waals surface area (Å²) in [7, 11) is 0. The van der Waals surface area contributed by atoms with E-state index < -0.39 is 0 Å². The first kappa shape index (κ1) is 17.4. The molecule has 0 aliphatic carbocycles. The zero-order valence-corrected chi connectivity index (χ0v) is 16.2. The molecule has 1 aromatic carbocycles. The highest BCUT2D eigenvalue weighted by Gasteiger charge is 2.19. The molecule has 0 unspecified atom stereocenters. The summed E-state index contributed by atoms with van der Waals surface area (Å²) >= 11 is 1.42. The molecule has 3 heterocycles. The van der Waals surface area contributed by atoms with Crippen LogP contribution in [0.25, 0.3) is 15.9 Å². The molecule has 0 fully saturated rings. The monoisotopic (exact) mass is 377 g/mol. The van der Waals surface area contributed by atoms with Gasteiger partial charge >= 0.3 is 0 Å². The van der Waals surface area contributed by atoms with Crippen molar-refractivity contribution in [2.45, 2.75) is 27.3 Å². The Balaban J connectivity index is 1.60. The molecule has 0 atom stereocenters. The van der Waals surface area contributed by atoms with Gasteiger partial charge in [-0.05, 0) is 44.0 Å². The molecule has 0 aliphatic heterocycles. The van der Waals surface area contributed by atoms with Gasteiger partial charge in [0.05, 0.1) is 10.6 Å². The Morgan fingerprint density at radius 3 is 2.74 bits per heavy atom. The number of thiophene rings is 1. The molecular formula is C20H19N5OS. The van der Waals surface area contributed by atoms with Crippen molar-refractivity contribution in [3.05, 3.63) is 70.2 Å². The third-order valence-electron chi connectivity index (χ3n) is 4.47. The third kappa shape index (κ3) is 3.21. The van der Waals surface area contributed by atoms with Gasteiger partial charge in [0.2, 0.25) is 0 Å². The summed E-state index contributed by atoms with van der Waals surface area (Å²) in [4.78, 5) is 23.3. The number of carbonyl (C=O) groups is 1. The number of hydrogen-bond donors (Lipinski definition) is 1. The van der Waals surface area contributed by atoms with Crippen molar-refractivity contribution in [3.8, 4) is 5.69 Å². The van der Waals surface area contributed by atoms with Gasteiger partial charge in [0.25, 0.3) is 5.91 Å². The molecule has 0 spiro atoms. The van der Waals surface area contributed by atoms with Gasteiger partial charge in [-0.3, -0.25) is 4.79 Å². The zero-order chi connectivity index (χ0) is 19.0. The molecule has 6 nitrogen and oxygen atoms in total. The van der Waals surface area contributed by atoms with E-state index in [2.05, 4.69) is 20.4 Å². The topological polar surface area (TPSA) is 72.7 Å². The average molecular weight is 377 g/mol. The van der Waals surface area contributed by atoms with Gasteiger partial charge in [-0.1, -0.05) is 18.2 Å². The standard InChI is InChI=1S/C20H19N5OS/c1-12-17-13(2)23-14(3)24-20(17)27-18(12)19(26)21-11-15-7-4-5-8-16(15)25-10-6-9-22-25/h4-10H,11H2,1-3H3,(H,21,26). The summed E-state index contributed by atoms with van der Waals surface area (Å²) in [6.07, 6.45) is 3.63. The van der Waals surface area contributed by atoms with E-state index in [4.69, 9.17) is 0 Å². The molecule has 27 heavy (non-hydrogen) atoms. The van der Waals surface area contributed by atoms with Gasteiger partial charge in [0.15, 0.2) is 0 Å². The summed E-state index contributed by atoms with van der Waals surface area (Å²) in [5.74, 6) is 0.629. The minimum atomic E-state index is -0.0946. The first-order valence-corrected chi connectivity index (χ1v) is 9.46. The number of rotatable bonds is 4. The van der Waals surface area contributed by atoms with Crippen LogP contribution < -0.4 is 5.32 Å². The lowest BCUT2D eigenvalue weighted by Crippen LogP contribution is -2.23. The second-order valence-corrected chi connectivity index (χ2v) is 7.35. The molecule has 4 rings (SSSR count). The van der Waals surface area contributed by atoms with E-state index in [0.717, 1.165) is 38.5 Å². The summed E-state index contributed by atoms with van der Waals surface area (Å²) in [6, 6.07) is 9.78. The van der Waals surface area contributed by atoms with E-state index in [1.807, 2.05) is 57.3 Å². The molecule has 0 radical (unpaired) electrons. The van der Waals surface area contributed by atoms with Crippen molar-refractivity contribution < 1.29 is 4.79 Å². The van der Waals surface area contributed by atoms with Crippen LogP contribution in [-0.4, -0.2) is 25.7 Å². The average Bonchev–Trinajstić information content (AvgIpc) is 3.28. The fraction of sp³-hybridized carbons (Fsp3) is 0.200. The number of nitrogens with one attached hydrogen (secondary N) is 1. The van der Waals surface area contributed by atoms with Gasteiger partial charge in [-0.15, -0.1) is 11.3 Å². The van der Waals surface area contributed by atoms with E-state index in [1.165, 1.54) is 11.3 Å². The van der Waals surface area contributed by atoms with Gasteiger partial charge in [-0.2, -0.15) is 5.10 Å². The lowest BCUT2D eigenvalue weighted by molar-refractivity contribution is 0.0954. The number of amides is 1. The number of aromatic nitrogens is 4. The summed E-state index contributed by atoms with van der Waals surface area (Å²) in [6.45, 7) is 6.20. The van der Waals surface area contributed by atoms with Crippen molar-refractivity contribution in [1.29, 1.82) is 0 Å². The molecule has 0 saturated carbocycles. The van der Waals surface area contributed by atoms with Crippen molar-refractivity contribution in [1.82, 2.24) is 25.1 Å². The zero-order valence-electron chi connectivity index (χ0n) is 15.4. The largest absolute Gasteiger partial charge is 0.347 e. The Labute approximate surface area is 160 Å². The van der Waals surface area contributed by atoms with Crippen LogP contribution in [0.5, 0.6) is 0 Å². The normalized spacial score (nSPS) is 11.1. The number of fused-ring (bicyclic) bond motifs is 1. The predicted molar refractivity (Wildman–Crippen MR) is 106 cm³/mol. The minimum absolute atomic E-state index is 0.0946. The van der Waals surface area contributed by atoms with Crippen molar-refractivity contribution in [2.75, 3.05) is 0 Å². The first-order chi connectivity index (χ1) is 13.0. The highest BCUT2D eigenvalue weighted by Crippen LogP contribution is 2.31. The van der Waals surface area contributed by atoms with Gasteiger partial charge in [-0.25, -0.2) is 14.6 Å². The lowest BCUT2D eigenvalue weighted by Gasteiger charge is -2.10. The van der Waals surface area contributed by atoms with E-state index in [1.54, 1.807) is 10.9 Å². The number of para-hydroxylation sites is 1. The second-order valence-electron chi connectivity index (χ2n) is 6.35. The molecule has 4 aromatic rings. The van der Waals surface area contributed by atoms with E-state index in [0.29, 0.717) is 11.4 Å². The maximum absolute atomic E-state index is 12.8. The third-order valence-corrected chi connectivity index (χ3v) is 5.66. The van der Waals surface area contributed by atoms with Gasteiger partial charge in [0.1, 0.15) is 10.7 Å². The first-order valence-electron chi connectivity index (χ1n) is 8.65. The lowest BCUT2D eigenvalue weighted by atomic mass is 10.1. The number of hydrogen-bond acceptors (Lipinski definition) is 5. The van der Waals surface area contributed by atoms with Crippen LogP contribution in [0.1, 0.15) is 32.3 Å². The highest BCUT2D eigenvalue weighted by atomic mass is 32.1. The summed E-state index contributed by atoms with van der Waals surface area (Å²) < 4.78 is 1.80. The fourth-order valence-corrected chi connectivity index (χ4v) is 4.44. The van der Waals surface area contributed by atoms with Crippen molar-refractivity contribution in [2.24, 2.45) is 0 Å². The Bertz CT molecular complexity index is 1130. The van der Waals surface area contributed by atoms with Crippen LogP contribution in [0, 0.1) is 20.8 Å². The number of aryl methyl sites for hydroxylation is 3. The quantitative estimate of drug-likeness (QED) is 0.588. The Morgan fingerprint density at radius 2 is 1.96 bits per heavy atom. The molecule has 0 saturated heterocycles. The SMILES string of the molecule is Cc1nc(C)c2c(C)c(C(=O)NCc3ccccc3-n3cccn3)sc2n1. The number of carbonyl (C=O) groups excluding carboxylic acids is 1. The van der Waals surface area contributed by atoms with E-state index in [-0.39, 0.29) is 5.91 Å². The van der Waals surface area contributed by atoms with Crippen LogP contribution in [0.2, 0.25) is 0 Å². The van der Waals surface area contributed by atoms with Crippen LogP contribution in [0.15, 0.2) is 42.7 Å². The molecule has 1 amide bonds. The van der Waals surface area contributed by atoms with Crippen LogP contribution >= 0.6 is 11.3 Å². The maximum Gasteiger partial charge on any atom is 0.261 e. The summed E-state index contributed by atoms with van der Waals surface area (Å²) in [5, 5.41) is 8.30. The predicted octanol–water partition coefficient (Wildman–Crippen LogP) is 3.73. The molecule has 7 heteroatoms. The van der Waals surface area contributed by atoms with Gasteiger partial charge < -0.3 is 5.32 Å². The van der Waals surface area contributed by atoms with Crippen molar-refractivity contribution >= 4 is 27.5 Å². The van der Waals surface area contributed by atoms with Crippen LogP contribution in [0.4, 0.5) is 0 Å². The Hall–Kier alpha value is -3.06. The minimum Gasteiger partial charge on any atom is -0.347 e. The second kappa shape index (κ2) is 6.92. The molecule has 1 N–H and O–H groups in total. The van der Waals surface area contributed by atoms with E-state index in [9.17, 15) is 4.79 Å². The van der Waals surface area contributed by atoms with Crippen LogP contribution in [0.3, 0.4) is 0 Å². The van der Waals surface area contributed by atoms with E-state index >= 15 is 0 Å². The van der Waals surface area contributed by atoms with Crippen molar-refractivity contribution in [3.63, 3.8) is 0 Å². The Kier molecular flexibility index (Phi) is 4.45. The number of nitrogens with zero attached hydrogens (tertiary/aromatic N) is 4. The van der Waals surface area contributed by atoms with Crippen LogP contribution in [-0.2, 0) is 6.54 Å². The molecule has 0 aliphatic rings. The summed E-state index contributed by atoms with van der Waals surface area (Å²) in [5.41, 5.74) is 3.80. The molecule has 0 bridgehead atoms. The van der Waals surface area contributed by atoms with Gasteiger partial charge in [0, 0.05) is 30.0 Å².